The fourth-order valence-electron chi connectivity index (χ4n) is 2.29. The second kappa shape index (κ2) is 9.51. The summed E-state index contributed by atoms with van der Waals surface area (Å²) in [6, 6.07) is 0. The van der Waals surface area contributed by atoms with E-state index in [-0.39, 0.29) is 17.9 Å². The molecule has 0 saturated carbocycles. The largest absolute Gasteiger partial charge is 0.382 e. The number of ketones is 1. The third kappa shape index (κ3) is 7.90. The minimum Gasteiger partial charge on any atom is -0.382 e. The van der Waals surface area contributed by atoms with E-state index in [9.17, 15) is 4.79 Å². The molecule has 0 radical (unpaired) electrons. The van der Waals surface area contributed by atoms with E-state index in [0.29, 0.717) is 38.8 Å². The standard InChI is InChI=1S/C16H31NO4/c1-16(2,3)17-11-14(12-17)5-6-15(18)13-21-10-9-20-8-7-19-4/h14H,5-13H2,1-4H3. The Morgan fingerprint density at radius 3 is 2.33 bits per heavy atom. The summed E-state index contributed by atoms with van der Waals surface area (Å²) in [6.45, 7) is 11.3. The van der Waals surface area contributed by atoms with Crippen molar-refractivity contribution in [1.82, 2.24) is 4.90 Å². The van der Waals surface area contributed by atoms with Crippen LogP contribution in [0.3, 0.4) is 0 Å². The Morgan fingerprint density at radius 2 is 1.71 bits per heavy atom. The molecule has 5 nitrogen and oxygen atoms in total. The molecule has 1 saturated heterocycles. The van der Waals surface area contributed by atoms with Crippen LogP contribution in [0.2, 0.25) is 0 Å². The van der Waals surface area contributed by atoms with Crippen LogP contribution in [0.25, 0.3) is 0 Å². The molecule has 0 N–H and O–H groups in total. The molecule has 1 heterocycles. The van der Waals surface area contributed by atoms with Crippen molar-refractivity contribution < 1.29 is 19.0 Å². The lowest BCUT2D eigenvalue weighted by Gasteiger charge is -2.47. The van der Waals surface area contributed by atoms with Gasteiger partial charge in [0.05, 0.1) is 26.4 Å². The molecular weight excluding hydrogens is 270 g/mol. The minimum atomic E-state index is 0.195. The summed E-state index contributed by atoms with van der Waals surface area (Å²) in [7, 11) is 1.64. The second-order valence-corrected chi connectivity index (χ2v) is 6.68. The Kier molecular flexibility index (Phi) is 8.41. The van der Waals surface area contributed by atoms with Crippen molar-refractivity contribution in [3.8, 4) is 0 Å². The number of rotatable bonds is 11. The molecule has 0 aromatic carbocycles. The van der Waals surface area contributed by atoms with Gasteiger partial charge in [-0.25, -0.2) is 0 Å². The van der Waals surface area contributed by atoms with Gasteiger partial charge in [0, 0.05) is 32.2 Å². The average molecular weight is 301 g/mol. The molecule has 0 amide bonds. The van der Waals surface area contributed by atoms with Crippen LogP contribution in [-0.2, 0) is 19.0 Å². The topological polar surface area (TPSA) is 48.0 Å². The maximum atomic E-state index is 11.7. The van der Waals surface area contributed by atoms with Gasteiger partial charge < -0.3 is 14.2 Å². The molecule has 0 spiro atoms. The summed E-state index contributed by atoms with van der Waals surface area (Å²) in [4.78, 5) is 14.2. The lowest BCUT2D eigenvalue weighted by Crippen LogP contribution is -2.55. The van der Waals surface area contributed by atoms with Crippen LogP contribution in [0.1, 0.15) is 33.6 Å². The quantitative estimate of drug-likeness (QED) is 0.544. The Balaban J connectivity index is 1.91. The predicted molar refractivity (Wildman–Crippen MR) is 82.6 cm³/mol. The highest BCUT2D eigenvalue weighted by molar-refractivity contribution is 5.79. The smallest absolute Gasteiger partial charge is 0.158 e. The molecule has 124 valence electrons. The van der Waals surface area contributed by atoms with Gasteiger partial charge in [-0.05, 0) is 33.1 Å². The van der Waals surface area contributed by atoms with Gasteiger partial charge in [-0.2, -0.15) is 0 Å². The van der Waals surface area contributed by atoms with Gasteiger partial charge >= 0.3 is 0 Å². The number of likely N-dealkylation sites (tertiary alicyclic amines) is 1. The number of Topliss-reactive ketones (excluding diaryl/α,β-unsaturated/α-hetero) is 1. The molecule has 0 aliphatic carbocycles. The van der Waals surface area contributed by atoms with Crippen LogP contribution in [0.4, 0.5) is 0 Å². The summed E-state index contributed by atoms with van der Waals surface area (Å²) in [6.07, 6.45) is 1.62. The lowest BCUT2D eigenvalue weighted by molar-refractivity contribution is -0.124. The first-order valence-electron chi connectivity index (χ1n) is 7.84. The lowest BCUT2D eigenvalue weighted by atomic mass is 9.89. The summed E-state index contributed by atoms with van der Waals surface area (Å²) < 4.78 is 15.4. The first kappa shape index (κ1) is 18.6. The van der Waals surface area contributed by atoms with Crippen molar-refractivity contribution in [3.63, 3.8) is 0 Å². The molecular formula is C16H31NO4. The van der Waals surface area contributed by atoms with E-state index in [1.807, 2.05) is 0 Å². The van der Waals surface area contributed by atoms with E-state index in [0.717, 1.165) is 19.5 Å². The van der Waals surface area contributed by atoms with Gasteiger partial charge in [-0.15, -0.1) is 0 Å². The number of hydrogen-bond acceptors (Lipinski definition) is 5. The molecule has 5 heteroatoms. The molecule has 1 aliphatic rings. The first-order valence-corrected chi connectivity index (χ1v) is 7.84. The van der Waals surface area contributed by atoms with Gasteiger partial charge in [0.15, 0.2) is 5.78 Å². The SMILES string of the molecule is COCCOCCOCC(=O)CCC1CN(C(C)(C)C)C1. The highest BCUT2D eigenvalue weighted by atomic mass is 16.5. The number of carbonyl (C=O) groups is 1. The molecule has 0 atom stereocenters. The highest BCUT2D eigenvalue weighted by Crippen LogP contribution is 2.27. The Labute approximate surface area is 128 Å². The molecule has 0 aromatic heterocycles. The van der Waals surface area contributed by atoms with Crippen LogP contribution in [0.5, 0.6) is 0 Å². The van der Waals surface area contributed by atoms with Gasteiger partial charge in [0.25, 0.3) is 0 Å². The Morgan fingerprint density at radius 1 is 1.10 bits per heavy atom. The molecule has 21 heavy (non-hydrogen) atoms. The third-order valence-electron chi connectivity index (χ3n) is 3.80. The molecule has 0 aromatic rings. The normalized spacial score (nSPS) is 17.0. The van der Waals surface area contributed by atoms with E-state index in [1.54, 1.807) is 7.11 Å². The van der Waals surface area contributed by atoms with Crippen molar-refractivity contribution in [2.75, 3.05) is 53.2 Å². The van der Waals surface area contributed by atoms with Crippen LogP contribution < -0.4 is 0 Å². The zero-order valence-corrected chi connectivity index (χ0v) is 14.0. The second-order valence-electron chi connectivity index (χ2n) is 6.68. The Bertz CT molecular complexity index is 295. The molecule has 0 bridgehead atoms. The van der Waals surface area contributed by atoms with Crippen LogP contribution >= 0.6 is 0 Å². The van der Waals surface area contributed by atoms with Crippen molar-refractivity contribution in [2.45, 2.75) is 39.2 Å². The van der Waals surface area contributed by atoms with Gasteiger partial charge in [0.2, 0.25) is 0 Å². The van der Waals surface area contributed by atoms with Crippen LogP contribution in [-0.4, -0.2) is 69.5 Å². The van der Waals surface area contributed by atoms with Crippen LogP contribution in [0, 0.1) is 5.92 Å². The zero-order chi connectivity index (χ0) is 15.7. The van der Waals surface area contributed by atoms with Gasteiger partial charge in [0.1, 0.15) is 6.61 Å². The summed E-state index contributed by atoms with van der Waals surface area (Å²) in [5.41, 5.74) is 0.256. The maximum Gasteiger partial charge on any atom is 0.158 e. The van der Waals surface area contributed by atoms with E-state index >= 15 is 0 Å². The van der Waals surface area contributed by atoms with Crippen LogP contribution in [0.15, 0.2) is 0 Å². The Hall–Kier alpha value is -0.490. The number of methoxy groups -OCH3 is 1. The molecule has 1 aliphatic heterocycles. The van der Waals surface area contributed by atoms with E-state index in [1.165, 1.54) is 0 Å². The summed E-state index contributed by atoms with van der Waals surface area (Å²) in [5.74, 6) is 0.867. The van der Waals surface area contributed by atoms with Gasteiger partial charge in [-0.3, -0.25) is 9.69 Å². The fraction of sp³-hybridized carbons (Fsp3) is 0.938. The third-order valence-corrected chi connectivity index (χ3v) is 3.80. The minimum absolute atomic E-state index is 0.195. The maximum absolute atomic E-state index is 11.7. The summed E-state index contributed by atoms with van der Waals surface area (Å²) in [5, 5.41) is 0. The van der Waals surface area contributed by atoms with Crippen molar-refractivity contribution in [1.29, 1.82) is 0 Å². The zero-order valence-electron chi connectivity index (χ0n) is 14.0. The van der Waals surface area contributed by atoms with E-state index in [4.69, 9.17) is 14.2 Å². The molecule has 1 rings (SSSR count). The van der Waals surface area contributed by atoms with Crippen molar-refractivity contribution >= 4 is 5.78 Å². The highest BCUT2D eigenvalue weighted by Gasteiger charge is 2.33. The average Bonchev–Trinajstić information content (AvgIpc) is 2.34. The monoisotopic (exact) mass is 301 g/mol. The molecule has 0 unspecified atom stereocenters. The number of carbonyl (C=O) groups excluding carboxylic acids is 1. The molecule has 1 fully saturated rings. The van der Waals surface area contributed by atoms with E-state index in [2.05, 4.69) is 25.7 Å². The number of hydrogen-bond donors (Lipinski definition) is 0. The van der Waals surface area contributed by atoms with Crippen molar-refractivity contribution in [2.24, 2.45) is 5.92 Å². The van der Waals surface area contributed by atoms with Gasteiger partial charge in [-0.1, -0.05) is 0 Å². The van der Waals surface area contributed by atoms with E-state index < -0.39 is 0 Å². The number of ether oxygens (including phenoxy) is 3. The first-order chi connectivity index (χ1) is 9.93. The summed E-state index contributed by atoms with van der Waals surface area (Å²) >= 11 is 0. The number of nitrogens with zero attached hydrogens (tertiary/aromatic N) is 1. The predicted octanol–water partition coefficient (Wildman–Crippen LogP) is 1.75. The fourth-order valence-corrected chi connectivity index (χ4v) is 2.29. The van der Waals surface area contributed by atoms with Crippen molar-refractivity contribution in [3.05, 3.63) is 0 Å².